The van der Waals surface area contributed by atoms with E-state index in [4.69, 9.17) is 0 Å². The number of aromatic amines is 1. The number of urea groups is 1. The lowest BCUT2D eigenvalue weighted by molar-refractivity contribution is 0.252. The van der Waals surface area contributed by atoms with Crippen molar-refractivity contribution in [1.29, 1.82) is 0 Å². The molecule has 21 heavy (non-hydrogen) atoms. The fourth-order valence-electron chi connectivity index (χ4n) is 1.72. The average Bonchev–Trinajstić information content (AvgIpc) is 2.87. The maximum atomic E-state index is 11.8. The third-order valence-corrected chi connectivity index (χ3v) is 4.77. The van der Waals surface area contributed by atoms with Gasteiger partial charge in [0.1, 0.15) is 0 Å². The van der Waals surface area contributed by atoms with Crippen LogP contribution in [0.1, 0.15) is 0 Å². The molecule has 114 valence electrons. The summed E-state index contributed by atoms with van der Waals surface area (Å²) in [5, 5.41) is 12.7. The van der Waals surface area contributed by atoms with E-state index in [1.54, 1.807) is 18.3 Å². The number of nitrogens with one attached hydrogen (secondary N) is 3. The highest BCUT2D eigenvalue weighted by Crippen LogP contribution is 2.20. The molecular formula is C12H17N5O3S. The maximum absolute atomic E-state index is 11.8. The molecule has 1 heterocycles. The Morgan fingerprint density at radius 2 is 2.14 bits per heavy atom. The summed E-state index contributed by atoms with van der Waals surface area (Å²) in [7, 11) is -0.410. The molecular weight excluding hydrogens is 294 g/mol. The number of carbonyl (C=O) groups excluding carboxylic acids is 1. The summed E-state index contributed by atoms with van der Waals surface area (Å²) in [5.41, 5.74) is 1.41. The Morgan fingerprint density at radius 3 is 2.86 bits per heavy atom. The highest BCUT2D eigenvalue weighted by Gasteiger charge is 2.14. The Bertz CT molecular complexity index is 738. The molecule has 0 aliphatic rings. The van der Waals surface area contributed by atoms with Crippen molar-refractivity contribution in [3.8, 4) is 0 Å². The highest BCUT2D eigenvalue weighted by molar-refractivity contribution is 7.89. The zero-order valence-corrected chi connectivity index (χ0v) is 12.6. The van der Waals surface area contributed by atoms with E-state index in [0.29, 0.717) is 5.69 Å². The second kappa shape index (κ2) is 6.10. The number of hydrogen-bond acceptors (Lipinski definition) is 4. The molecule has 2 amide bonds. The van der Waals surface area contributed by atoms with Crippen molar-refractivity contribution in [2.45, 2.75) is 0 Å². The van der Waals surface area contributed by atoms with Crippen LogP contribution in [0.4, 0.5) is 10.5 Å². The van der Waals surface area contributed by atoms with Crippen LogP contribution in [0.5, 0.6) is 0 Å². The van der Waals surface area contributed by atoms with Crippen LogP contribution in [-0.2, 0) is 10.0 Å². The van der Waals surface area contributed by atoms with Gasteiger partial charge in [-0.05, 0) is 12.1 Å². The standard InChI is InChI=1S/C12H17N5O3S/c1-17(2)21(19,20)7-6-13-12(18)15-10-4-3-5-11-9(10)8-14-16-11/h3-5,8H,6-7H2,1-2H3,(H,14,16)(H2,13,15,18). The average molecular weight is 311 g/mol. The summed E-state index contributed by atoms with van der Waals surface area (Å²) in [6.45, 7) is 0.0354. The number of fused-ring (bicyclic) bond motifs is 1. The molecule has 9 heteroatoms. The van der Waals surface area contributed by atoms with Crippen LogP contribution in [0.3, 0.4) is 0 Å². The molecule has 2 rings (SSSR count). The third-order valence-electron chi connectivity index (χ3n) is 2.93. The fourth-order valence-corrected chi connectivity index (χ4v) is 2.44. The minimum absolute atomic E-state index is 0.0354. The van der Waals surface area contributed by atoms with Gasteiger partial charge in [-0.1, -0.05) is 6.07 Å². The van der Waals surface area contributed by atoms with Crippen LogP contribution in [-0.4, -0.2) is 55.3 Å². The van der Waals surface area contributed by atoms with Gasteiger partial charge in [0.05, 0.1) is 23.2 Å². The molecule has 0 radical (unpaired) electrons. The number of hydrogen-bond donors (Lipinski definition) is 3. The van der Waals surface area contributed by atoms with E-state index in [0.717, 1.165) is 15.2 Å². The van der Waals surface area contributed by atoms with Crippen LogP contribution in [0, 0.1) is 0 Å². The summed E-state index contributed by atoms with van der Waals surface area (Å²) in [5.74, 6) is -0.149. The third kappa shape index (κ3) is 3.70. The molecule has 0 bridgehead atoms. The number of H-pyrrole nitrogens is 1. The number of aromatic nitrogens is 2. The first kappa shape index (κ1) is 15.3. The van der Waals surface area contributed by atoms with Gasteiger partial charge in [0.15, 0.2) is 0 Å². The topological polar surface area (TPSA) is 107 Å². The maximum Gasteiger partial charge on any atom is 0.319 e. The zero-order chi connectivity index (χ0) is 15.5. The molecule has 1 aromatic carbocycles. The summed E-state index contributed by atoms with van der Waals surface area (Å²) < 4.78 is 24.2. The van der Waals surface area contributed by atoms with Crippen LogP contribution in [0.2, 0.25) is 0 Å². The summed E-state index contributed by atoms with van der Waals surface area (Å²) in [6, 6.07) is 4.91. The number of rotatable bonds is 5. The Hall–Kier alpha value is -2.13. The molecule has 0 fully saturated rings. The van der Waals surface area contributed by atoms with E-state index in [2.05, 4.69) is 20.8 Å². The second-order valence-corrected chi connectivity index (χ2v) is 6.92. The van der Waals surface area contributed by atoms with Crippen molar-refractivity contribution in [2.75, 3.05) is 31.7 Å². The van der Waals surface area contributed by atoms with E-state index < -0.39 is 16.1 Å². The largest absolute Gasteiger partial charge is 0.337 e. The van der Waals surface area contributed by atoms with Crippen molar-refractivity contribution >= 4 is 32.6 Å². The number of anilines is 1. The molecule has 0 aliphatic heterocycles. The number of carbonyl (C=O) groups is 1. The van der Waals surface area contributed by atoms with Gasteiger partial charge in [0.25, 0.3) is 0 Å². The van der Waals surface area contributed by atoms with E-state index in [1.165, 1.54) is 14.1 Å². The Morgan fingerprint density at radius 1 is 1.38 bits per heavy atom. The van der Waals surface area contributed by atoms with Crippen LogP contribution < -0.4 is 10.6 Å². The minimum Gasteiger partial charge on any atom is -0.337 e. The minimum atomic E-state index is -3.32. The van der Waals surface area contributed by atoms with Gasteiger partial charge >= 0.3 is 6.03 Å². The fraction of sp³-hybridized carbons (Fsp3) is 0.333. The number of benzene rings is 1. The van der Waals surface area contributed by atoms with Crippen molar-refractivity contribution in [1.82, 2.24) is 19.8 Å². The zero-order valence-electron chi connectivity index (χ0n) is 11.8. The van der Waals surface area contributed by atoms with Crippen LogP contribution in [0.15, 0.2) is 24.4 Å². The van der Waals surface area contributed by atoms with Gasteiger partial charge in [0.2, 0.25) is 10.0 Å². The molecule has 1 aromatic heterocycles. The molecule has 0 unspecified atom stereocenters. The van der Waals surface area contributed by atoms with Gasteiger partial charge in [-0.2, -0.15) is 5.10 Å². The van der Waals surface area contributed by atoms with E-state index in [9.17, 15) is 13.2 Å². The van der Waals surface area contributed by atoms with Crippen molar-refractivity contribution in [3.63, 3.8) is 0 Å². The molecule has 2 aromatic rings. The Balaban J connectivity index is 1.92. The van der Waals surface area contributed by atoms with Gasteiger partial charge in [-0.25, -0.2) is 17.5 Å². The lowest BCUT2D eigenvalue weighted by atomic mass is 10.2. The summed E-state index contributed by atoms with van der Waals surface area (Å²) in [4.78, 5) is 11.8. The quantitative estimate of drug-likeness (QED) is 0.750. The first-order chi connectivity index (χ1) is 9.90. The van der Waals surface area contributed by atoms with Crippen molar-refractivity contribution in [3.05, 3.63) is 24.4 Å². The molecule has 0 saturated carbocycles. The van der Waals surface area contributed by atoms with Gasteiger partial charge < -0.3 is 10.6 Å². The predicted octanol–water partition coefficient (Wildman–Crippen LogP) is 0.576. The SMILES string of the molecule is CN(C)S(=O)(=O)CCNC(=O)Nc1cccc2[nH]ncc12. The number of sulfonamides is 1. The van der Waals surface area contributed by atoms with Crippen LogP contribution in [0.25, 0.3) is 10.9 Å². The lowest BCUT2D eigenvalue weighted by Gasteiger charge is -2.12. The Labute approximate surface area is 122 Å². The number of nitrogens with zero attached hydrogens (tertiary/aromatic N) is 2. The van der Waals surface area contributed by atoms with Gasteiger partial charge in [-0.15, -0.1) is 0 Å². The van der Waals surface area contributed by atoms with E-state index in [-0.39, 0.29) is 12.3 Å². The smallest absolute Gasteiger partial charge is 0.319 e. The lowest BCUT2D eigenvalue weighted by Crippen LogP contribution is -2.36. The summed E-state index contributed by atoms with van der Waals surface area (Å²) >= 11 is 0. The Kier molecular flexibility index (Phi) is 4.43. The highest BCUT2D eigenvalue weighted by atomic mass is 32.2. The number of amides is 2. The van der Waals surface area contributed by atoms with Gasteiger partial charge in [0, 0.05) is 26.0 Å². The normalized spacial score (nSPS) is 11.8. The second-order valence-electron chi connectivity index (χ2n) is 4.62. The van der Waals surface area contributed by atoms with Crippen molar-refractivity contribution in [2.24, 2.45) is 0 Å². The molecule has 0 saturated heterocycles. The molecule has 0 atom stereocenters. The molecule has 0 spiro atoms. The molecule has 8 nitrogen and oxygen atoms in total. The molecule has 3 N–H and O–H groups in total. The van der Waals surface area contributed by atoms with Gasteiger partial charge in [-0.3, -0.25) is 5.10 Å². The summed E-state index contributed by atoms with van der Waals surface area (Å²) in [6.07, 6.45) is 1.61. The van der Waals surface area contributed by atoms with E-state index >= 15 is 0 Å². The first-order valence-electron chi connectivity index (χ1n) is 6.27. The monoisotopic (exact) mass is 311 g/mol. The molecule has 0 aliphatic carbocycles. The van der Waals surface area contributed by atoms with E-state index in [1.807, 2.05) is 6.07 Å². The predicted molar refractivity (Wildman–Crippen MR) is 80.6 cm³/mol. The van der Waals surface area contributed by atoms with Crippen molar-refractivity contribution < 1.29 is 13.2 Å². The first-order valence-corrected chi connectivity index (χ1v) is 7.88. The van der Waals surface area contributed by atoms with Crippen LogP contribution >= 0.6 is 0 Å².